The molecule has 0 bridgehead atoms. The molecule has 80 valence electrons. The highest BCUT2D eigenvalue weighted by Gasteiger charge is 2.13. The van der Waals surface area contributed by atoms with Gasteiger partial charge in [-0.1, -0.05) is 0 Å². The zero-order valence-corrected chi connectivity index (χ0v) is 8.30. The number of furan rings is 1. The second kappa shape index (κ2) is 3.93. The highest BCUT2D eigenvalue weighted by Crippen LogP contribution is 2.18. The molecule has 0 unspecified atom stereocenters. The average Bonchev–Trinajstić information content (AvgIpc) is 2.76. The smallest absolute Gasteiger partial charge is 0.256 e. The summed E-state index contributed by atoms with van der Waals surface area (Å²) >= 11 is 4.85. The van der Waals surface area contributed by atoms with Gasteiger partial charge in [0.25, 0.3) is 6.43 Å². The Kier molecular flexibility index (Phi) is 2.63. The summed E-state index contributed by atoms with van der Waals surface area (Å²) in [6, 6.07) is 1.63. The van der Waals surface area contributed by atoms with Crippen molar-refractivity contribution < 1.29 is 13.2 Å². The summed E-state index contributed by atoms with van der Waals surface area (Å²) in [5.41, 5.74) is 0.614. The molecule has 0 radical (unpaired) electrons. The van der Waals surface area contributed by atoms with Crippen molar-refractivity contribution in [1.29, 1.82) is 0 Å². The number of rotatable bonds is 3. The monoisotopic (exact) mass is 231 g/mol. The summed E-state index contributed by atoms with van der Waals surface area (Å²) in [6.07, 6.45) is 0.395. The van der Waals surface area contributed by atoms with E-state index in [9.17, 15) is 8.78 Å². The van der Waals surface area contributed by atoms with E-state index in [0.717, 1.165) is 0 Å². The van der Waals surface area contributed by atoms with Crippen molar-refractivity contribution in [3.63, 3.8) is 0 Å². The van der Waals surface area contributed by atoms with Gasteiger partial charge < -0.3 is 4.42 Å². The van der Waals surface area contributed by atoms with Crippen LogP contribution in [-0.2, 0) is 6.54 Å². The molecule has 7 heteroatoms. The topological polar surface area (TPSA) is 46.8 Å². The summed E-state index contributed by atoms with van der Waals surface area (Å²) < 4.78 is 30.8. The maximum atomic E-state index is 12.3. The predicted molar refractivity (Wildman–Crippen MR) is 51.1 cm³/mol. The van der Waals surface area contributed by atoms with Gasteiger partial charge in [0.15, 0.2) is 10.6 Å². The molecule has 0 aliphatic rings. The standard InChI is InChI=1S/C8H7F2N3OS/c9-6(10)3-13-7(11-12-8(13)15)5-1-2-14-4-5/h1-2,4,6H,3H2,(H,12,15). The first-order chi connectivity index (χ1) is 7.18. The van der Waals surface area contributed by atoms with Crippen LogP contribution < -0.4 is 0 Å². The third kappa shape index (κ3) is 1.96. The maximum absolute atomic E-state index is 12.3. The lowest BCUT2D eigenvalue weighted by Crippen LogP contribution is -2.08. The van der Waals surface area contributed by atoms with Gasteiger partial charge in [0.1, 0.15) is 6.26 Å². The quantitative estimate of drug-likeness (QED) is 0.825. The Bertz CT molecular complexity index is 488. The van der Waals surface area contributed by atoms with Gasteiger partial charge in [0.2, 0.25) is 0 Å². The predicted octanol–water partition coefficient (Wildman–Crippen LogP) is 2.47. The molecule has 2 aromatic rings. The van der Waals surface area contributed by atoms with Crippen molar-refractivity contribution >= 4 is 12.2 Å². The lowest BCUT2D eigenvalue weighted by Gasteiger charge is -2.03. The lowest BCUT2D eigenvalue weighted by molar-refractivity contribution is 0.126. The summed E-state index contributed by atoms with van der Waals surface area (Å²) in [5, 5.41) is 6.34. The number of H-pyrrole nitrogens is 1. The van der Waals surface area contributed by atoms with Crippen molar-refractivity contribution in [2.24, 2.45) is 0 Å². The van der Waals surface area contributed by atoms with Crippen LogP contribution in [0.5, 0.6) is 0 Å². The Morgan fingerprint density at radius 1 is 1.60 bits per heavy atom. The van der Waals surface area contributed by atoms with E-state index in [1.54, 1.807) is 6.07 Å². The number of aromatic nitrogens is 3. The highest BCUT2D eigenvalue weighted by atomic mass is 32.1. The Labute approximate surface area is 88.5 Å². The summed E-state index contributed by atoms with van der Waals surface area (Å²) in [6.45, 7) is -0.476. The van der Waals surface area contributed by atoms with Crippen LogP contribution in [0.25, 0.3) is 11.4 Å². The average molecular weight is 231 g/mol. The number of hydrogen-bond donors (Lipinski definition) is 1. The third-order valence-corrected chi connectivity index (χ3v) is 2.17. The van der Waals surface area contributed by atoms with E-state index in [4.69, 9.17) is 16.6 Å². The molecule has 0 aliphatic carbocycles. The molecule has 0 aliphatic heterocycles. The van der Waals surface area contributed by atoms with Crippen molar-refractivity contribution in [2.45, 2.75) is 13.0 Å². The molecule has 2 heterocycles. The first kappa shape index (κ1) is 10.0. The van der Waals surface area contributed by atoms with Gasteiger partial charge >= 0.3 is 0 Å². The van der Waals surface area contributed by atoms with Gasteiger partial charge in [0, 0.05) is 0 Å². The van der Waals surface area contributed by atoms with Crippen LogP contribution in [-0.4, -0.2) is 21.2 Å². The van der Waals surface area contributed by atoms with Gasteiger partial charge in [-0.3, -0.25) is 9.67 Å². The first-order valence-electron chi connectivity index (χ1n) is 4.14. The molecule has 0 saturated carbocycles. The van der Waals surface area contributed by atoms with E-state index in [1.165, 1.54) is 17.1 Å². The van der Waals surface area contributed by atoms with Crippen LogP contribution in [0, 0.1) is 4.77 Å². The van der Waals surface area contributed by atoms with Crippen LogP contribution in [0.3, 0.4) is 0 Å². The van der Waals surface area contributed by atoms with Crippen molar-refractivity contribution in [2.75, 3.05) is 0 Å². The summed E-state index contributed by atoms with van der Waals surface area (Å²) in [5.74, 6) is 0.356. The molecule has 0 aromatic carbocycles. The Balaban J connectivity index is 2.45. The van der Waals surface area contributed by atoms with Crippen molar-refractivity contribution in [3.8, 4) is 11.4 Å². The van der Waals surface area contributed by atoms with Crippen LogP contribution in [0.15, 0.2) is 23.0 Å². The van der Waals surface area contributed by atoms with Gasteiger partial charge in [-0.15, -0.1) is 0 Å². The van der Waals surface area contributed by atoms with E-state index in [1.807, 2.05) is 0 Å². The Hall–Kier alpha value is -1.50. The van der Waals surface area contributed by atoms with Crippen molar-refractivity contribution in [3.05, 3.63) is 23.4 Å². The molecule has 0 fully saturated rings. The number of alkyl halides is 2. The third-order valence-electron chi connectivity index (χ3n) is 1.86. The molecule has 2 rings (SSSR count). The van der Waals surface area contributed by atoms with E-state index >= 15 is 0 Å². The van der Waals surface area contributed by atoms with Gasteiger partial charge in [-0.05, 0) is 18.3 Å². The Morgan fingerprint density at radius 2 is 2.40 bits per heavy atom. The molecular formula is C8H7F2N3OS. The molecule has 0 saturated heterocycles. The molecular weight excluding hydrogens is 224 g/mol. The fourth-order valence-corrected chi connectivity index (χ4v) is 1.44. The summed E-state index contributed by atoms with van der Waals surface area (Å²) in [7, 11) is 0. The van der Waals surface area contributed by atoms with Gasteiger partial charge in [-0.2, -0.15) is 5.10 Å². The number of halogens is 2. The normalized spacial score (nSPS) is 11.1. The molecule has 1 N–H and O–H groups in total. The van der Waals surface area contributed by atoms with Crippen LogP contribution in [0.2, 0.25) is 0 Å². The zero-order valence-electron chi connectivity index (χ0n) is 7.48. The first-order valence-corrected chi connectivity index (χ1v) is 4.55. The number of nitrogens with zero attached hydrogens (tertiary/aromatic N) is 2. The van der Waals surface area contributed by atoms with E-state index in [2.05, 4.69) is 10.2 Å². The largest absolute Gasteiger partial charge is 0.472 e. The van der Waals surface area contributed by atoms with Crippen LogP contribution in [0.1, 0.15) is 0 Å². The van der Waals surface area contributed by atoms with E-state index in [-0.39, 0.29) is 4.77 Å². The minimum atomic E-state index is -2.47. The molecule has 0 atom stereocenters. The minimum Gasteiger partial charge on any atom is -0.472 e. The van der Waals surface area contributed by atoms with Crippen LogP contribution >= 0.6 is 12.2 Å². The minimum absolute atomic E-state index is 0.173. The molecule has 2 aromatic heterocycles. The highest BCUT2D eigenvalue weighted by molar-refractivity contribution is 7.71. The summed E-state index contributed by atoms with van der Waals surface area (Å²) in [4.78, 5) is 0. The Morgan fingerprint density at radius 3 is 3.00 bits per heavy atom. The van der Waals surface area contributed by atoms with E-state index in [0.29, 0.717) is 11.4 Å². The van der Waals surface area contributed by atoms with E-state index < -0.39 is 13.0 Å². The number of aromatic amines is 1. The second-order valence-electron chi connectivity index (χ2n) is 2.87. The maximum Gasteiger partial charge on any atom is 0.256 e. The van der Waals surface area contributed by atoms with Crippen molar-refractivity contribution in [1.82, 2.24) is 14.8 Å². The van der Waals surface area contributed by atoms with Gasteiger partial charge in [0.05, 0.1) is 18.4 Å². The second-order valence-corrected chi connectivity index (χ2v) is 3.25. The molecule has 0 amide bonds. The van der Waals surface area contributed by atoms with Gasteiger partial charge in [-0.25, -0.2) is 8.78 Å². The number of hydrogen-bond acceptors (Lipinski definition) is 3. The number of nitrogens with one attached hydrogen (secondary N) is 1. The SMILES string of the molecule is FC(F)Cn1c(-c2ccoc2)n[nH]c1=S. The zero-order chi connectivity index (χ0) is 10.8. The molecule has 0 spiro atoms. The molecule has 15 heavy (non-hydrogen) atoms. The fourth-order valence-electron chi connectivity index (χ4n) is 1.24. The molecule has 4 nitrogen and oxygen atoms in total. The fraction of sp³-hybridized carbons (Fsp3) is 0.250. The lowest BCUT2D eigenvalue weighted by atomic mass is 10.3. The van der Waals surface area contributed by atoms with Crippen LogP contribution in [0.4, 0.5) is 8.78 Å².